The lowest BCUT2D eigenvalue weighted by Crippen LogP contribution is -1.98. The van der Waals surface area contributed by atoms with Crippen molar-refractivity contribution >= 4 is 5.65 Å². The van der Waals surface area contributed by atoms with Crippen LogP contribution >= 0.6 is 0 Å². The van der Waals surface area contributed by atoms with Gasteiger partial charge in [0, 0.05) is 6.20 Å². The van der Waals surface area contributed by atoms with E-state index < -0.39 is 6.10 Å². The first-order valence-electron chi connectivity index (χ1n) is 4.73. The molecule has 1 atom stereocenters. The molecule has 74 valence electrons. The Balaban J connectivity index is 2.77. The minimum atomic E-state index is -0.479. The maximum Gasteiger partial charge on any atom is 0.137 e. The van der Waals surface area contributed by atoms with E-state index in [1.807, 2.05) is 36.6 Å². The molecule has 0 saturated heterocycles. The molecule has 0 aliphatic carbocycles. The second kappa shape index (κ2) is 3.10. The van der Waals surface area contributed by atoms with E-state index in [9.17, 15) is 5.11 Å². The number of hydrogen-bond donors (Lipinski definition) is 1. The normalized spacial score (nSPS) is 13.4. The van der Waals surface area contributed by atoms with Crippen LogP contribution in [0.5, 0.6) is 0 Å². The first-order valence-corrected chi connectivity index (χ1v) is 4.73. The van der Waals surface area contributed by atoms with Crippen molar-refractivity contribution in [1.82, 2.24) is 9.38 Å². The van der Waals surface area contributed by atoms with E-state index in [2.05, 4.69) is 4.98 Å². The smallest absolute Gasteiger partial charge is 0.137 e. The Morgan fingerprint density at radius 1 is 1.43 bits per heavy atom. The Kier molecular flexibility index (Phi) is 2.04. The van der Waals surface area contributed by atoms with Gasteiger partial charge in [0.05, 0.1) is 17.5 Å². The molecule has 3 heteroatoms. The summed E-state index contributed by atoms with van der Waals surface area (Å²) in [6.45, 7) is 5.72. The Morgan fingerprint density at radius 2 is 2.14 bits per heavy atom. The first kappa shape index (κ1) is 9.21. The van der Waals surface area contributed by atoms with E-state index in [4.69, 9.17) is 0 Å². The number of aliphatic hydroxyl groups is 1. The maximum absolute atomic E-state index is 9.60. The van der Waals surface area contributed by atoms with E-state index in [0.717, 1.165) is 17.0 Å². The van der Waals surface area contributed by atoms with Crippen LogP contribution in [0, 0.1) is 13.8 Å². The standard InChI is InChI=1S/C11H14N2O/c1-7-4-5-13-10(6-7)12-8(2)11(13)9(3)14/h4-6,9,14H,1-3H3/t9-/m1/s1. The van der Waals surface area contributed by atoms with Crippen molar-refractivity contribution in [2.24, 2.45) is 0 Å². The molecule has 14 heavy (non-hydrogen) atoms. The van der Waals surface area contributed by atoms with Gasteiger partial charge in [-0.25, -0.2) is 4.98 Å². The van der Waals surface area contributed by atoms with Crippen LogP contribution in [-0.2, 0) is 0 Å². The van der Waals surface area contributed by atoms with Gasteiger partial charge in [0.25, 0.3) is 0 Å². The number of hydrogen-bond acceptors (Lipinski definition) is 2. The van der Waals surface area contributed by atoms with Gasteiger partial charge in [-0.1, -0.05) is 0 Å². The summed E-state index contributed by atoms with van der Waals surface area (Å²) >= 11 is 0. The quantitative estimate of drug-likeness (QED) is 0.746. The molecule has 0 radical (unpaired) electrons. The first-order chi connectivity index (χ1) is 6.59. The van der Waals surface area contributed by atoms with Crippen molar-refractivity contribution < 1.29 is 5.11 Å². The Bertz CT molecular complexity index is 471. The SMILES string of the molecule is Cc1ccn2c([C@@H](C)O)c(C)nc2c1. The molecule has 0 aromatic carbocycles. The third kappa shape index (κ3) is 1.30. The van der Waals surface area contributed by atoms with Crippen molar-refractivity contribution in [2.45, 2.75) is 26.9 Å². The molecule has 2 aromatic heterocycles. The summed E-state index contributed by atoms with van der Waals surface area (Å²) in [6.07, 6.45) is 1.47. The number of aryl methyl sites for hydroxylation is 2. The van der Waals surface area contributed by atoms with Gasteiger partial charge in [-0.2, -0.15) is 0 Å². The molecule has 0 aliphatic rings. The van der Waals surface area contributed by atoms with Gasteiger partial charge in [-0.15, -0.1) is 0 Å². The van der Waals surface area contributed by atoms with Gasteiger partial charge >= 0.3 is 0 Å². The van der Waals surface area contributed by atoms with Crippen molar-refractivity contribution in [3.8, 4) is 0 Å². The highest BCUT2D eigenvalue weighted by molar-refractivity contribution is 5.45. The molecular formula is C11H14N2O. The van der Waals surface area contributed by atoms with E-state index in [1.54, 1.807) is 6.92 Å². The van der Waals surface area contributed by atoms with Gasteiger partial charge in [-0.3, -0.25) is 0 Å². The number of imidazole rings is 1. The topological polar surface area (TPSA) is 37.5 Å². The van der Waals surface area contributed by atoms with Crippen LogP contribution < -0.4 is 0 Å². The second-order valence-corrected chi connectivity index (χ2v) is 3.69. The molecule has 0 spiro atoms. The number of nitrogens with zero attached hydrogens (tertiary/aromatic N) is 2. The van der Waals surface area contributed by atoms with Crippen molar-refractivity contribution in [1.29, 1.82) is 0 Å². The van der Waals surface area contributed by atoms with Crippen molar-refractivity contribution in [3.05, 3.63) is 35.3 Å². The predicted octanol–water partition coefficient (Wildman–Crippen LogP) is 2.00. The fourth-order valence-electron chi connectivity index (χ4n) is 1.79. The van der Waals surface area contributed by atoms with Gasteiger partial charge < -0.3 is 9.51 Å². The minimum absolute atomic E-state index is 0.479. The highest BCUT2D eigenvalue weighted by atomic mass is 16.3. The molecule has 0 aliphatic heterocycles. The summed E-state index contributed by atoms with van der Waals surface area (Å²) in [5.41, 5.74) is 3.85. The van der Waals surface area contributed by atoms with Crippen LogP contribution in [0.25, 0.3) is 5.65 Å². The lowest BCUT2D eigenvalue weighted by molar-refractivity contribution is 0.192. The number of aromatic nitrogens is 2. The molecular weight excluding hydrogens is 176 g/mol. The molecule has 2 rings (SSSR count). The van der Waals surface area contributed by atoms with Crippen molar-refractivity contribution in [2.75, 3.05) is 0 Å². The third-order valence-electron chi connectivity index (χ3n) is 2.40. The van der Waals surface area contributed by atoms with E-state index in [0.29, 0.717) is 0 Å². The number of fused-ring (bicyclic) bond motifs is 1. The van der Waals surface area contributed by atoms with Crippen LogP contribution in [0.1, 0.15) is 30.0 Å². The molecule has 0 amide bonds. The number of rotatable bonds is 1. The molecule has 1 N–H and O–H groups in total. The zero-order valence-electron chi connectivity index (χ0n) is 8.65. The van der Waals surface area contributed by atoms with E-state index in [-0.39, 0.29) is 0 Å². The van der Waals surface area contributed by atoms with Gasteiger partial charge in [0.15, 0.2) is 0 Å². The average molecular weight is 190 g/mol. The van der Waals surface area contributed by atoms with Crippen molar-refractivity contribution in [3.63, 3.8) is 0 Å². The number of aliphatic hydroxyl groups excluding tert-OH is 1. The summed E-state index contributed by atoms with van der Waals surface area (Å²) < 4.78 is 1.94. The lowest BCUT2D eigenvalue weighted by Gasteiger charge is -2.05. The highest BCUT2D eigenvalue weighted by Crippen LogP contribution is 2.19. The summed E-state index contributed by atoms with van der Waals surface area (Å²) in [6, 6.07) is 4.03. The predicted molar refractivity (Wildman–Crippen MR) is 55.3 cm³/mol. The van der Waals surface area contributed by atoms with E-state index in [1.165, 1.54) is 5.56 Å². The van der Waals surface area contributed by atoms with E-state index >= 15 is 0 Å². The second-order valence-electron chi connectivity index (χ2n) is 3.69. The lowest BCUT2D eigenvalue weighted by atomic mass is 10.2. The number of pyridine rings is 1. The van der Waals surface area contributed by atoms with Crippen LogP contribution in [-0.4, -0.2) is 14.5 Å². The molecule has 0 bridgehead atoms. The zero-order valence-corrected chi connectivity index (χ0v) is 8.65. The van der Waals surface area contributed by atoms with Crippen LogP contribution in [0.15, 0.2) is 18.3 Å². The van der Waals surface area contributed by atoms with Crippen LogP contribution in [0.4, 0.5) is 0 Å². The molecule has 2 heterocycles. The fraction of sp³-hybridized carbons (Fsp3) is 0.364. The minimum Gasteiger partial charge on any atom is -0.387 e. The summed E-state index contributed by atoms with van der Waals surface area (Å²) in [5.74, 6) is 0. The molecule has 0 unspecified atom stereocenters. The maximum atomic E-state index is 9.60. The van der Waals surface area contributed by atoms with Gasteiger partial charge in [0.2, 0.25) is 0 Å². The van der Waals surface area contributed by atoms with Crippen LogP contribution in [0.2, 0.25) is 0 Å². The third-order valence-corrected chi connectivity index (χ3v) is 2.40. The van der Waals surface area contributed by atoms with Gasteiger partial charge in [0.1, 0.15) is 5.65 Å². The Morgan fingerprint density at radius 3 is 2.79 bits per heavy atom. The Labute approximate surface area is 83.0 Å². The summed E-state index contributed by atoms with van der Waals surface area (Å²) in [5, 5.41) is 9.60. The largest absolute Gasteiger partial charge is 0.387 e. The van der Waals surface area contributed by atoms with Gasteiger partial charge in [-0.05, 0) is 38.5 Å². The molecule has 3 nitrogen and oxygen atoms in total. The average Bonchev–Trinajstić information content (AvgIpc) is 2.39. The Hall–Kier alpha value is -1.35. The fourth-order valence-corrected chi connectivity index (χ4v) is 1.79. The highest BCUT2D eigenvalue weighted by Gasteiger charge is 2.12. The summed E-state index contributed by atoms with van der Waals surface area (Å²) in [7, 11) is 0. The zero-order chi connectivity index (χ0) is 10.3. The molecule has 0 fully saturated rings. The molecule has 2 aromatic rings. The van der Waals surface area contributed by atoms with Crippen LogP contribution in [0.3, 0.4) is 0 Å². The summed E-state index contributed by atoms with van der Waals surface area (Å²) in [4.78, 5) is 4.40. The monoisotopic (exact) mass is 190 g/mol. The molecule has 0 saturated carbocycles.